The van der Waals surface area contributed by atoms with Crippen molar-refractivity contribution in [2.75, 3.05) is 0 Å². The maximum atomic E-state index is 6.68. The summed E-state index contributed by atoms with van der Waals surface area (Å²) >= 11 is 1.86. The molecule has 11 rings (SSSR count). The molecule has 0 aliphatic heterocycles. The fourth-order valence-electron chi connectivity index (χ4n) is 8.72. The lowest BCUT2D eigenvalue weighted by atomic mass is 9.85. The van der Waals surface area contributed by atoms with E-state index in [-0.39, 0.29) is 0 Å². The van der Waals surface area contributed by atoms with Crippen molar-refractivity contribution in [1.82, 2.24) is 0 Å². The molecule has 11 aromatic rings. The number of rotatable bonds is 4. The summed E-state index contributed by atoms with van der Waals surface area (Å²) < 4.78 is 6.68. The highest BCUT2D eigenvalue weighted by Gasteiger charge is 2.20. The largest absolute Gasteiger partial charge is 0.456 e. The molecule has 0 radical (unpaired) electrons. The second-order valence-corrected chi connectivity index (χ2v) is 15.3. The molecular formula is C51H32OS. The predicted molar refractivity (Wildman–Crippen MR) is 228 cm³/mol. The molecule has 53 heavy (non-hydrogen) atoms. The van der Waals surface area contributed by atoms with E-state index in [0.717, 1.165) is 27.5 Å². The van der Waals surface area contributed by atoms with E-state index >= 15 is 0 Å². The number of hydrogen-bond donors (Lipinski definition) is 0. The first-order chi connectivity index (χ1) is 26.2. The van der Waals surface area contributed by atoms with E-state index in [0.29, 0.717) is 0 Å². The summed E-state index contributed by atoms with van der Waals surface area (Å²) in [5, 5.41) is 12.3. The van der Waals surface area contributed by atoms with Crippen molar-refractivity contribution in [3.05, 3.63) is 181 Å². The van der Waals surface area contributed by atoms with Gasteiger partial charge in [0.1, 0.15) is 11.2 Å². The number of aryl methyl sites for hydroxylation is 1. The molecule has 0 saturated heterocycles. The van der Waals surface area contributed by atoms with Gasteiger partial charge in [-0.05, 0) is 120 Å². The highest BCUT2D eigenvalue weighted by molar-refractivity contribution is 7.15. The molecule has 0 aliphatic carbocycles. The molecule has 0 bridgehead atoms. The third-order valence-corrected chi connectivity index (χ3v) is 12.0. The second kappa shape index (κ2) is 11.8. The highest BCUT2D eigenvalue weighted by atomic mass is 32.1. The minimum atomic E-state index is 0.897. The molecule has 2 heteroatoms. The zero-order valence-corrected chi connectivity index (χ0v) is 29.9. The maximum absolute atomic E-state index is 6.68. The van der Waals surface area contributed by atoms with Crippen LogP contribution < -0.4 is 0 Å². The average molecular weight is 693 g/mol. The molecule has 2 heterocycles. The van der Waals surface area contributed by atoms with Gasteiger partial charge in [-0.25, -0.2) is 0 Å². The molecule has 0 saturated carbocycles. The van der Waals surface area contributed by atoms with Crippen LogP contribution in [0.25, 0.3) is 109 Å². The normalized spacial score (nSPS) is 11.9. The fourth-order valence-corrected chi connectivity index (χ4v) is 9.66. The summed E-state index contributed by atoms with van der Waals surface area (Å²) in [4.78, 5) is 2.63. The van der Waals surface area contributed by atoms with E-state index in [4.69, 9.17) is 4.42 Å². The first kappa shape index (κ1) is 30.2. The van der Waals surface area contributed by atoms with Crippen molar-refractivity contribution in [3.8, 4) is 43.8 Å². The Morgan fingerprint density at radius 3 is 1.28 bits per heavy atom. The van der Waals surface area contributed by atoms with E-state index in [2.05, 4.69) is 183 Å². The number of fused-ring (bicyclic) bond motifs is 7. The van der Waals surface area contributed by atoms with Crippen molar-refractivity contribution in [3.63, 3.8) is 0 Å². The van der Waals surface area contributed by atoms with Gasteiger partial charge in [0.15, 0.2) is 0 Å². The van der Waals surface area contributed by atoms with Crippen LogP contribution in [0.4, 0.5) is 0 Å². The van der Waals surface area contributed by atoms with Crippen molar-refractivity contribution in [2.45, 2.75) is 6.92 Å². The monoisotopic (exact) mass is 692 g/mol. The number of furan rings is 1. The number of thiophene rings is 1. The van der Waals surface area contributed by atoms with Crippen LogP contribution in [0.15, 0.2) is 180 Å². The molecule has 0 spiro atoms. The van der Waals surface area contributed by atoms with Gasteiger partial charge in [0.2, 0.25) is 0 Å². The van der Waals surface area contributed by atoms with Gasteiger partial charge < -0.3 is 4.42 Å². The molecule has 1 nitrogen and oxygen atoms in total. The zero-order valence-electron chi connectivity index (χ0n) is 29.1. The molecule has 0 fully saturated rings. The van der Waals surface area contributed by atoms with Gasteiger partial charge in [-0.3, -0.25) is 0 Å². The van der Waals surface area contributed by atoms with Crippen molar-refractivity contribution in [1.29, 1.82) is 0 Å². The Balaban J connectivity index is 1.13. The molecule has 0 amide bonds. The standard InChI is InChI=1S/C51H32OS/c1-31-23-28-47(53-31)51-42-21-11-9-19-40(42)50(41-20-10-12-22-43(41)51)34-24-26-35-44-29-33(25-27-45(44)52-46(35)30-34)49-38-17-7-5-15-36(38)48(32-13-3-2-4-14-32)37-16-6-8-18-39(37)49/h2-30H,1H3. The van der Waals surface area contributed by atoms with Crippen LogP contribution in [-0.4, -0.2) is 0 Å². The van der Waals surface area contributed by atoms with Gasteiger partial charge in [0, 0.05) is 26.1 Å². The van der Waals surface area contributed by atoms with Crippen LogP contribution in [0.5, 0.6) is 0 Å². The minimum Gasteiger partial charge on any atom is -0.456 e. The molecule has 0 atom stereocenters. The second-order valence-electron chi connectivity index (χ2n) is 14.0. The summed E-state index contributed by atoms with van der Waals surface area (Å²) in [5.74, 6) is 0. The van der Waals surface area contributed by atoms with Crippen LogP contribution in [0.1, 0.15) is 4.88 Å². The fraction of sp³-hybridized carbons (Fsp3) is 0.0196. The van der Waals surface area contributed by atoms with E-state index < -0.39 is 0 Å². The predicted octanol–water partition coefficient (Wildman–Crippen LogP) is 15.2. The van der Waals surface area contributed by atoms with Gasteiger partial charge in [-0.2, -0.15) is 0 Å². The lowest BCUT2D eigenvalue weighted by Crippen LogP contribution is -1.90. The van der Waals surface area contributed by atoms with E-state index in [9.17, 15) is 0 Å². The zero-order chi connectivity index (χ0) is 35.0. The summed E-state index contributed by atoms with van der Waals surface area (Å²) in [6.07, 6.45) is 0. The van der Waals surface area contributed by atoms with Crippen molar-refractivity contribution < 1.29 is 4.42 Å². The Morgan fingerprint density at radius 1 is 0.321 bits per heavy atom. The Hall–Kier alpha value is -6.48. The minimum absolute atomic E-state index is 0.897. The van der Waals surface area contributed by atoms with E-state index in [1.54, 1.807) is 0 Å². The SMILES string of the molecule is Cc1ccc(-c2c3ccccc3c(-c3ccc4c(c3)oc3ccc(-c5c6ccccc6c(-c6ccccc6)c6ccccc56)cc34)c3ccccc23)s1. The molecule has 0 aliphatic rings. The summed E-state index contributed by atoms with van der Waals surface area (Å²) in [6.45, 7) is 2.18. The molecule has 2 aromatic heterocycles. The van der Waals surface area contributed by atoms with E-state index in [1.807, 2.05) is 11.3 Å². The van der Waals surface area contributed by atoms with Gasteiger partial charge in [-0.15, -0.1) is 11.3 Å². The number of hydrogen-bond acceptors (Lipinski definition) is 2. The van der Waals surface area contributed by atoms with Crippen LogP contribution >= 0.6 is 11.3 Å². The Morgan fingerprint density at radius 2 is 0.774 bits per heavy atom. The molecule has 9 aromatic carbocycles. The summed E-state index contributed by atoms with van der Waals surface area (Å²) in [6, 6.07) is 64.2. The molecule has 0 unspecified atom stereocenters. The maximum Gasteiger partial charge on any atom is 0.136 e. The Kier molecular flexibility index (Phi) is 6.71. The quantitative estimate of drug-likeness (QED) is 0.167. The van der Waals surface area contributed by atoms with Crippen LogP contribution in [-0.2, 0) is 0 Å². The van der Waals surface area contributed by atoms with Gasteiger partial charge >= 0.3 is 0 Å². The van der Waals surface area contributed by atoms with Gasteiger partial charge in [0.25, 0.3) is 0 Å². The molecular weight excluding hydrogens is 661 g/mol. The Bertz CT molecular complexity index is 3120. The molecule has 0 N–H and O–H groups in total. The smallest absolute Gasteiger partial charge is 0.136 e. The van der Waals surface area contributed by atoms with Crippen LogP contribution in [0.3, 0.4) is 0 Å². The van der Waals surface area contributed by atoms with E-state index in [1.165, 1.54) is 86.2 Å². The van der Waals surface area contributed by atoms with Crippen molar-refractivity contribution >= 4 is 76.4 Å². The van der Waals surface area contributed by atoms with Gasteiger partial charge in [0.05, 0.1) is 0 Å². The average Bonchev–Trinajstić information content (AvgIpc) is 3.81. The van der Waals surface area contributed by atoms with Crippen LogP contribution in [0, 0.1) is 6.92 Å². The summed E-state index contributed by atoms with van der Waals surface area (Å²) in [7, 11) is 0. The van der Waals surface area contributed by atoms with Crippen molar-refractivity contribution in [2.24, 2.45) is 0 Å². The van der Waals surface area contributed by atoms with Gasteiger partial charge in [-0.1, -0.05) is 140 Å². The third-order valence-electron chi connectivity index (χ3n) is 11.0. The topological polar surface area (TPSA) is 13.1 Å². The van der Waals surface area contributed by atoms with Crippen LogP contribution in [0.2, 0.25) is 0 Å². The first-order valence-corrected chi connectivity index (χ1v) is 19.0. The number of benzene rings is 9. The Labute approximate surface area is 311 Å². The third kappa shape index (κ3) is 4.63. The first-order valence-electron chi connectivity index (χ1n) is 18.2. The highest BCUT2D eigenvalue weighted by Crippen LogP contribution is 2.47. The lowest BCUT2D eigenvalue weighted by Gasteiger charge is -2.17. The summed E-state index contributed by atoms with van der Waals surface area (Å²) in [5.41, 5.74) is 10.5. The lowest BCUT2D eigenvalue weighted by molar-refractivity contribution is 0.669. The molecule has 248 valence electrons.